The summed E-state index contributed by atoms with van der Waals surface area (Å²) in [5.41, 5.74) is 5.33. The molecule has 0 heterocycles. The molecule has 110 valence electrons. The average molecular weight is 281 g/mol. The zero-order valence-electron chi connectivity index (χ0n) is 11.9. The smallest absolute Gasteiger partial charge is 0.150 e. The van der Waals surface area contributed by atoms with Crippen molar-refractivity contribution in [2.24, 2.45) is 11.7 Å². The second-order valence-electron chi connectivity index (χ2n) is 5.73. The fourth-order valence-electron chi connectivity index (χ4n) is 2.87. The maximum Gasteiger partial charge on any atom is 0.150 e. The molecular formula is C15H21F2N3. The van der Waals surface area contributed by atoms with Crippen molar-refractivity contribution in [2.75, 3.05) is 11.9 Å². The maximum absolute atomic E-state index is 14.1. The number of nitrogens with one attached hydrogen (secondary N) is 1. The van der Waals surface area contributed by atoms with E-state index in [1.165, 1.54) is 0 Å². The van der Waals surface area contributed by atoms with Gasteiger partial charge >= 0.3 is 0 Å². The first-order valence-corrected chi connectivity index (χ1v) is 6.96. The quantitative estimate of drug-likeness (QED) is 0.660. The molecule has 3 nitrogen and oxygen atoms in total. The fraction of sp³-hybridized carbons (Fsp3) is 0.533. The Morgan fingerprint density at radius 2 is 1.70 bits per heavy atom. The summed E-state index contributed by atoms with van der Waals surface area (Å²) in [7, 11) is 1.73. The van der Waals surface area contributed by atoms with Crippen LogP contribution < -0.4 is 10.6 Å². The largest absolute Gasteiger partial charge is 0.384 e. The molecular weight excluding hydrogens is 260 g/mol. The SMILES string of the molecule is CC1CCC(N(C)c2c(F)cc(C(=N)N)cc2F)CC1. The number of hydrogen-bond donors (Lipinski definition) is 2. The molecule has 0 spiro atoms. The summed E-state index contributed by atoms with van der Waals surface area (Å²) in [4.78, 5) is 1.69. The minimum atomic E-state index is -0.656. The fourth-order valence-corrected chi connectivity index (χ4v) is 2.87. The Morgan fingerprint density at radius 1 is 1.20 bits per heavy atom. The van der Waals surface area contributed by atoms with Gasteiger partial charge in [-0.2, -0.15) is 0 Å². The third-order valence-electron chi connectivity index (χ3n) is 4.21. The molecule has 0 atom stereocenters. The van der Waals surface area contributed by atoms with Crippen molar-refractivity contribution in [3.63, 3.8) is 0 Å². The maximum atomic E-state index is 14.1. The molecule has 0 bridgehead atoms. The van der Waals surface area contributed by atoms with Gasteiger partial charge in [0.05, 0.1) is 0 Å². The molecule has 0 aromatic heterocycles. The molecule has 1 fully saturated rings. The molecule has 1 saturated carbocycles. The molecule has 20 heavy (non-hydrogen) atoms. The van der Waals surface area contributed by atoms with E-state index in [1.807, 2.05) is 0 Å². The van der Waals surface area contributed by atoms with Gasteiger partial charge in [-0.3, -0.25) is 5.41 Å². The van der Waals surface area contributed by atoms with Gasteiger partial charge in [0.15, 0.2) is 0 Å². The highest BCUT2D eigenvalue weighted by atomic mass is 19.1. The number of amidine groups is 1. The van der Waals surface area contributed by atoms with E-state index in [4.69, 9.17) is 11.1 Å². The molecule has 1 aliphatic rings. The zero-order chi connectivity index (χ0) is 14.9. The highest BCUT2D eigenvalue weighted by Gasteiger charge is 2.26. The lowest BCUT2D eigenvalue weighted by Crippen LogP contribution is -2.36. The van der Waals surface area contributed by atoms with Crippen molar-refractivity contribution in [3.05, 3.63) is 29.3 Å². The van der Waals surface area contributed by atoms with Crippen molar-refractivity contribution < 1.29 is 8.78 Å². The molecule has 0 amide bonds. The van der Waals surface area contributed by atoms with E-state index in [2.05, 4.69) is 6.92 Å². The normalized spacial score (nSPS) is 22.6. The summed E-state index contributed by atoms with van der Waals surface area (Å²) in [6, 6.07) is 2.42. The molecule has 1 aromatic rings. The first kappa shape index (κ1) is 14.8. The Morgan fingerprint density at radius 3 is 2.15 bits per heavy atom. The van der Waals surface area contributed by atoms with Gasteiger partial charge < -0.3 is 10.6 Å². The van der Waals surface area contributed by atoms with Crippen LogP contribution in [-0.4, -0.2) is 18.9 Å². The van der Waals surface area contributed by atoms with Gasteiger partial charge in [-0.1, -0.05) is 6.92 Å². The van der Waals surface area contributed by atoms with Gasteiger partial charge in [-0.15, -0.1) is 0 Å². The van der Waals surface area contributed by atoms with Crippen LogP contribution in [0.15, 0.2) is 12.1 Å². The minimum Gasteiger partial charge on any atom is -0.384 e. The lowest BCUT2D eigenvalue weighted by molar-refractivity contribution is 0.338. The Balaban J connectivity index is 2.26. The van der Waals surface area contributed by atoms with Gasteiger partial charge in [0.1, 0.15) is 23.2 Å². The van der Waals surface area contributed by atoms with Crippen LogP contribution in [0.2, 0.25) is 0 Å². The highest BCUT2D eigenvalue weighted by molar-refractivity contribution is 5.95. The lowest BCUT2D eigenvalue weighted by atomic mass is 9.86. The van der Waals surface area contributed by atoms with E-state index in [0.29, 0.717) is 5.92 Å². The van der Waals surface area contributed by atoms with Gasteiger partial charge in [0.25, 0.3) is 0 Å². The van der Waals surface area contributed by atoms with Crippen LogP contribution >= 0.6 is 0 Å². The molecule has 0 radical (unpaired) electrons. The number of benzene rings is 1. The first-order chi connectivity index (χ1) is 9.40. The van der Waals surface area contributed by atoms with Gasteiger partial charge in [0, 0.05) is 18.7 Å². The summed E-state index contributed by atoms with van der Waals surface area (Å²) >= 11 is 0. The monoisotopic (exact) mass is 281 g/mol. The third kappa shape index (κ3) is 2.92. The second-order valence-corrected chi connectivity index (χ2v) is 5.73. The first-order valence-electron chi connectivity index (χ1n) is 6.96. The van der Waals surface area contributed by atoms with Crippen LogP contribution in [0, 0.1) is 23.0 Å². The average Bonchev–Trinajstić information content (AvgIpc) is 2.38. The number of nitrogen functional groups attached to an aromatic ring is 1. The van der Waals surface area contributed by atoms with Crippen LogP contribution in [0.4, 0.5) is 14.5 Å². The summed E-state index contributed by atoms with van der Waals surface area (Å²) in [5, 5.41) is 7.26. The number of rotatable bonds is 3. The van der Waals surface area contributed by atoms with Crippen LogP contribution in [0.25, 0.3) is 0 Å². The summed E-state index contributed by atoms with van der Waals surface area (Å²) in [6.07, 6.45) is 4.07. The van der Waals surface area contributed by atoms with E-state index in [0.717, 1.165) is 37.8 Å². The van der Waals surface area contributed by atoms with Crippen molar-refractivity contribution in [1.29, 1.82) is 5.41 Å². The molecule has 1 aliphatic carbocycles. The number of halogens is 2. The molecule has 1 aromatic carbocycles. The Hall–Kier alpha value is -1.65. The standard InChI is InChI=1S/C15H21F2N3/c1-9-3-5-11(6-4-9)20(2)14-12(16)7-10(15(18)19)8-13(14)17/h7-9,11H,3-6H2,1-2H3,(H3,18,19). The summed E-state index contributed by atoms with van der Waals surface area (Å²) in [6.45, 7) is 2.21. The van der Waals surface area contributed by atoms with E-state index in [1.54, 1.807) is 11.9 Å². The number of nitrogens with two attached hydrogens (primary N) is 1. The Bertz CT molecular complexity index is 485. The number of hydrogen-bond acceptors (Lipinski definition) is 2. The van der Waals surface area contributed by atoms with E-state index >= 15 is 0 Å². The van der Waals surface area contributed by atoms with Crippen molar-refractivity contribution in [1.82, 2.24) is 0 Å². The molecule has 0 saturated heterocycles. The lowest BCUT2D eigenvalue weighted by Gasteiger charge is -2.35. The molecule has 0 unspecified atom stereocenters. The van der Waals surface area contributed by atoms with Gasteiger partial charge in [-0.25, -0.2) is 8.78 Å². The molecule has 5 heteroatoms. The Kier molecular flexibility index (Phi) is 4.26. The van der Waals surface area contributed by atoms with Gasteiger partial charge in [-0.05, 0) is 43.7 Å². The number of nitrogens with zero attached hydrogens (tertiary/aromatic N) is 1. The molecule has 0 aliphatic heterocycles. The number of anilines is 1. The molecule has 3 N–H and O–H groups in total. The predicted molar refractivity (Wildman–Crippen MR) is 77.2 cm³/mol. The van der Waals surface area contributed by atoms with Crippen molar-refractivity contribution in [2.45, 2.75) is 38.6 Å². The van der Waals surface area contributed by atoms with E-state index < -0.39 is 11.6 Å². The zero-order valence-corrected chi connectivity index (χ0v) is 11.9. The second kappa shape index (κ2) is 5.77. The third-order valence-corrected chi connectivity index (χ3v) is 4.21. The topological polar surface area (TPSA) is 53.1 Å². The van der Waals surface area contributed by atoms with Crippen LogP contribution in [-0.2, 0) is 0 Å². The minimum absolute atomic E-state index is 0.0189. The van der Waals surface area contributed by atoms with Crippen molar-refractivity contribution in [3.8, 4) is 0 Å². The highest BCUT2D eigenvalue weighted by Crippen LogP contribution is 2.32. The summed E-state index contributed by atoms with van der Waals surface area (Å²) < 4.78 is 28.2. The predicted octanol–water partition coefficient (Wildman–Crippen LogP) is 3.26. The van der Waals surface area contributed by atoms with Crippen LogP contribution in [0.5, 0.6) is 0 Å². The molecule has 2 rings (SSSR count). The van der Waals surface area contributed by atoms with Crippen molar-refractivity contribution >= 4 is 11.5 Å². The van der Waals surface area contributed by atoms with Crippen LogP contribution in [0.3, 0.4) is 0 Å². The Labute approximate surface area is 118 Å². The van der Waals surface area contributed by atoms with E-state index in [9.17, 15) is 8.78 Å². The summed E-state index contributed by atoms with van der Waals surface area (Å²) in [5.74, 6) is -0.953. The van der Waals surface area contributed by atoms with Crippen LogP contribution in [0.1, 0.15) is 38.2 Å². The van der Waals surface area contributed by atoms with Gasteiger partial charge in [0.2, 0.25) is 0 Å². The van der Waals surface area contributed by atoms with E-state index in [-0.39, 0.29) is 23.1 Å².